The van der Waals surface area contributed by atoms with Crippen LogP contribution in [0.5, 0.6) is 0 Å². The first-order valence-electron chi connectivity index (χ1n) is 7.02. The van der Waals surface area contributed by atoms with Crippen molar-refractivity contribution in [1.82, 2.24) is 9.62 Å². The molecule has 122 valence electrons. The van der Waals surface area contributed by atoms with Gasteiger partial charge in [-0.05, 0) is 37.1 Å². The van der Waals surface area contributed by atoms with Crippen LogP contribution in [0.3, 0.4) is 0 Å². The molecule has 1 atom stereocenters. The fourth-order valence-electron chi connectivity index (χ4n) is 2.53. The molecule has 2 rings (SSSR count). The minimum absolute atomic E-state index is 0.0184. The van der Waals surface area contributed by atoms with Crippen LogP contribution >= 0.6 is 11.6 Å². The highest BCUT2D eigenvalue weighted by atomic mass is 35.5. The predicted molar refractivity (Wildman–Crippen MR) is 86.3 cm³/mol. The summed E-state index contributed by atoms with van der Waals surface area (Å²) in [5.74, 6) is -0.342. The molecule has 0 aliphatic carbocycles. The molecule has 0 radical (unpaired) electrons. The molecule has 1 saturated heterocycles. The van der Waals surface area contributed by atoms with Crippen LogP contribution < -0.4 is 5.32 Å². The molecule has 1 amide bonds. The maximum absolute atomic E-state index is 12.8. The van der Waals surface area contributed by atoms with Crippen molar-refractivity contribution in [2.75, 3.05) is 13.1 Å². The maximum Gasteiger partial charge on any atom is 0.244 e. The zero-order valence-corrected chi connectivity index (χ0v) is 13.9. The lowest BCUT2D eigenvalue weighted by atomic mass is 10.2. The number of nitrogens with zero attached hydrogens (tertiary/aromatic N) is 2. The van der Waals surface area contributed by atoms with E-state index in [9.17, 15) is 13.2 Å². The second-order valence-electron chi connectivity index (χ2n) is 5.12. The average Bonchev–Trinajstić information content (AvgIpc) is 3.01. The first-order valence-corrected chi connectivity index (χ1v) is 8.83. The Labute approximate surface area is 140 Å². The van der Waals surface area contributed by atoms with Crippen molar-refractivity contribution in [3.63, 3.8) is 0 Å². The van der Waals surface area contributed by atoms with Gasteiger partial charge in [0.2, 0.25) is 15.9 Å². The van der Waals surface area contributed by atoms with Gasteiger partial charge in [-0.1, -0.05) is 18.2 Å². The Bertz CT molecular complexity index is 771. The normalized spacial score (nSPS) is 18.3. The number of halogens is 1. The molecule has 1 aromatic rings. The molecule has 1 N–H and O–H groups in total. The molecule has 0 bridgehead atoms. The topological polar surface area (TPSA) is 90.3 Å². The molecule has 23 heavy (non-hydrogen) atoms. The van der Waals surface area contributed by atoms with E-state index in [4.69, 9.17) is 16.9 Å². The van der Waals surface area contributed by atoms with Gasteiger partial charge in [0.05, 0.1) is 16.7 Å². The van der Waals surface area contributed by atoms with Gasteiger partial charge in [0.25, 0.3) is 0 Å². The van der Waals surface area contributed by atoms with Gasteiger partial charge in [-0.25, -0.2) is 8.42 Å². The molecular formula is C15H16ClN3O3S. The van der Waals surface area contributed by atoms with E-state index in [1.165, 1.54) is 22.5 Å². The molecule has 0 aromatic heterocycles. The Balaban J connectivity index is 2.26. The summed E-state index contributed by atoms with van der Waals surface area (Å²) in [7, 11) is -3.78. The third-order valence-corrected chi connectivity index (χ3v) is 6.10. The number of hydrogen-bond donors (Lipinski definition) is 1. The number of nitriles is 1. The standard InChI is InChI=1S/C15H16ClN3O3S/c1-2-15(20)18-10-12-4-3-7-19(12)23(21,22)14-6-5-11(9-17)8-13(14)16/h2,5-6,8,12H,1,3-4,7,10H2,(H,18,20)/t12-/m0/s1. The summed E-state index contributed by atoms with van der Waals surface area (Å²) in [6.45, 7) is 3.95. The Hall–Kier alpha value is -1.88. The second-order valence-corrected chi connectivity index (χ2v) is 7.38. The summed E-state index contributed by atoms with van der Waals surface area (Å²) < 4.78 is 27.0. The van der Waals surface area contributed by atoms with Crippen molar-refractivity contribution in [1.29, 1.82) is 5.26 Å². The lowest BCUT2D eigenvalue weighted by molar-refractivity contribution is -0.116. The number of nitrogens with one attached hydrogen (secondary N) is 1. The monoisotopic (exact) mass is 353 g/mol. The summed E-state index contributed by atoms with van der Waals surface area (Å²) in [4.78, 5) is 11.2. The number of rotatable bonds is 5. The third kappa shape index (κ3) is 3.72. The molecule has 1 aliphatic rings. The van der Waals surface area contributed by atoms with Gasteiger partial charge >= 0.3 is 0 Å². The van der Waals surface area contributed by atoms with Gasteiger partial charge in [-0.2, -0.15) is 9.57 Å². The number of amides is 1. The van der Waals surface area contributed by atoms with Gasteiger partial charge < -0.3 is 5.32 Å². The van der Waals surface area contributed by atoms with Crippen molar-refractivity contribution >= 4 is 27.5 Å². The summed E-state index contributed by atoms with van der Waals surface area (Å²) in [6, 6.07) is 5.68. The van der Waals surface area contributed by atoms with Crippen molar-refractivity contribution in [2.45, 2.75) is 23.8 Å². The third-order valence-electron chi connectivity index (χ3n) is 3.67. The Kier molecular flexibility index (Phi) is 5.42. The largest absolute Gasteiger partial charge is 0.351 e. The SMILES string of the molecule is C=CC(=O)NC[C@@H]1CCCN1S(=O)(=O)c1ccc(C#N)cc1Cl. The van der Waals surface area contributed by atoms with Crippen molar-refractivity contribution in [2.24, 2.45) is 0 Å². The van der Waals surface area contributed by atoms with Gasteiger partial charge in [0.15, 0.2) is 0 Å². The average molecular weight is 354 g/mol. The summed E-state index contributed by atoms with van der Waals surface area (Å²) in [6.07, 6.45) is 2.51. The lowest BCUT2D eigenvalue weighted by Gasteiger charge is -2.24. The van der Waals surface area contributed by atoms with E-state index >= 15 is 0 Å². The second kappa shape index (κ2) is 7.13. The molecule has 1 fully saturated rings. The maximum atomic E-state index is 12.8. The quantitative estimate of drug-likeness (QED) is 0.815. The Morgan fingerprint density at radius 3 is 2.91 bits per heavy atom. The van der Waals surface area contributed by atoms with E-state index in [-0.39, 0.29) is 28.4 Å². The molecule has 0 unspecified atom stereocenters. The Morgan fingerprint density at radius 1 is 1.57 bits per heavy atom. The van der Waals surface area contributed by atoms with E-state index in [0.29, 0.717) is 24.9 Å². The molecule has 1 heterocycles. The van der Waals surface area contributed by atoms with Gasteiger partial charge in [-0.15, -0.1) is 0 Å². The number of benzene rings is 1. The van der Waals surface area contributed by atoms with Crippen LogP contribution in [-0.2, 0) is 14.8 Å². The smallest absolute Gasteiger partial charge is 0.244 e. The van der Waals surface area contributed by atoms with Crippen molar-refractivity contribution in [3.8, 4) is 6.07 Å². The minimum atomic E-state index is -3.78. The summed E-state index contributed by atoms with van der Waals surface area (Å²) in [5, 5.41) is 11.5. The number of sulfonamides is 1. The van der Waals surface area contributed by atoms with Crippen molar-refractivity contribution < 1.29 is 13.2 Å². The molecule has 1 aliphatic heterocycles. The van der Waals surface area contributed by atoms with Crippen LogP contribution in [0, 0.1) is 11.3 Å². The summed E-state index contributed by atoms with van der Waals surface area (Å²) >= 11 is 6.03. The molecule has 6 nitrogen and oxygen atoms in total. The Morgan fingerprint density at radius 2 is 2.30 bits per heavy atom. The zero-order valence-electron chi connectivity index (χ0n) is 12.3. The van der Waals surface area contributed by atoms with Gasteiger partial charge in [0, 0.05) is 19.1 Å². The highest BCUT2D eigenvalue weighted by Gasteiger charge is 2.36. The highest BCUT2D eigenvalue weighted by Crippen LogP contribution is 2.30. The number of carbonyl (C=O) groups excluding carboxylic acids is 1. The van der Waals surface area contributed by atoms with Crippen LogP contribution in [0.2, 0.25) is 5.02 Å². The van der Waals surface area contributed by atoms with E-state index in [2.05, 4.69) is 11.9 Å². The molecule has 0 spiro atoms. The first kappa shape index (κ1) is 17.5. The van der Waals surface area contributed by atoms with Crippen molar-refractivity contribution in [3.05, 3.63) is 41.4 Å². The van der Waals surface area contributed by atoms with Crippen LogP contribution in [0.1, 0.15) is 18.4 Å². The van der Waals surface area contributed by atoms with E-state index in [1.54, 1.807) is 0 Å². The van der Waals surface area contributed by atoms with E-state index in [0.717, 1.165) is 6.08 Å². The van der Waals surface area contributed by atoms with Crippen LogP contribution in [0.4, 0.5) is 0 Å². The predicted octanol–water partition coefficient (Wildman–Crippen LogP) is 1.67. The first-order chi connectivity index (χ1) is 10.9. The van der Waals surface area contributed by atoms with Gasteiger partial charge in [-0.3, -0.25) is 4.79 Å². The van der Waals surface area contributed by atoms with E-state index < -0.39 is 10.0 Å². The number of carbonyl (C=O) groups is 1. The van der Waals surface area contributed by atoms with Crippen LogP contribution in [0.25, 0.3) is 0 Å². The van der Waals surface area contributed by atoms with Gasteiger partial charge in [0.1, 0.15) is 4.90 Å². The highest BCUT2D eigenvalue weighted by molar-refractivity contribution is 7.89. The van der Waals surface area contributed by atoms with E-state index in [1.807, 2.05) is 6.07 Å². The lowest BCUT2D eigenvalue weighted by Crippen LogP contribution is -2.42. The van der Waals surface area contributed by atoms with Crippen LogP contribution in [0.15, 0.2) is 35.7 Å². The molecule has 8 heteroatoms. The molecule has 0 saturated carbocycles. The molecular weight excluding hydrogens is 338 g/mol. The number of hydrogen-bond acceptors (Lipinski definition) is 4. The fraction of sp³-hybridized carbons (Fsp3) is 0.333. The van der Waals surface area contributed by atoms with Crippen LogP contribution in [-0.4, -0.2) is 37.8 Å². The zero-order chi connectivity index (χ0) is 17.0. The molecule has 1 aromatic carbocycles. The minimum Gasteiger partial charge on any atom is -0.351 e. The fourth-order valence-corrected chi connectivity index (χ4v) is 4.74. The summed E-state index contributed by atoms with van der Waals surface area (Å²) in [5.41, 5.74) is 0.296.